The van der Waals surface area contributed by atoms with Gasteiger partial charge in [-0.2, -0.15) is 5.48 Å². The molecule has 0 fully saturated rings. The molecule has 122 valence electrons. The lowest BCUT2D eigenvalue weighted by molar-refractivity contribution is -0.0303. The summed E-state index contributed by atoms with van der Waals surface area (Å²) in [7, 11) is 0. The summed E-state index contributed by atoms with van der Waals surface area (Å²) in [6.45, 7) is 5.38. The number of carbonyl (C=O) groups excluding carboxylic acids is 1. The lowest BCUT2D eigenvalue weighted by atomic mass is 10.0. The minimum atomic E-state index is -0.632. The normalized spacial score (nSPS) is 12.5. The lowest BCUT2D eigenvalue weighted by Gasteiger charge is -2.22. The van der Waals surface area contributed by atoms with Crippen molar-refractivity contribution in [1.82, 2.24) is 5.48 Å². The Morgan fingerprint density at radius 2 is 1.57 bits per heavy atom. The van der Waals surface area contributed by atoms with Gasteiger partial charge in [0, 0.05) is 5.02 Å². The molecular weight excluding hydrogens is 314 g/mol. The van der Waals surface area contributed by atoms with E-state index in [0.29, 0.717) is 5.02 Å². The van der Waals surface area contributed by atoms with Crippen molar-refractivity contribution in [3.63, 3.8) is 0 Å². The van der Waals surface area contributed by atoms with Crippen LogP contribution in [0.25, 0.3) is 0 Å². The SMILES string of the molecule is CC(C)(C)OC(=O)NOC(c1ccccc1)c1ccc(Cl)cc1. The number of ether oxygens (including phenoxy) is 1. The number of rotatable bonds is 4. The van der Waals surface area contributed by atoms with E-state index in [-0.39, 0.29) is 0 Å². The summed E-state index contributed by atoms with van der Waals surface area (Å²) < 4.78 is 5.18. The van der Waals surface area contributed by atoms with Crippen molar-refractivity contribution in [2.24, 2.45) is 0 Å². The Balaban J connectivity index is 2.15. The van der Waals surface area contributed by atoms with Gasteiger partial charge in [-0.1, -0.05) is 54.1 Å². The van der Waals surface area contributed by atoms with E-state index in [1.165, 1.54) is 0 Å². The standard InChI is InChI=1S/C18H20ClNO3/c1-18(2,3)22-17(21)20-23-16(13-7-5-4-6-8-13)14-9-11-15(19)12-10-14/h4-12,16H,1-3H3,(H,20,21). The third-order valence-corrected chi connectivity index (χ3v) is 3.19. The molecule has 0 spiro atoms. The Morgan fingerprint density at radius 3 is 2.13 bits per heavy atom. The Bertz CT molecular complexity index is 636. The summed E-state index contributed by atoms with van der Waals surface area (Å²) in [6, 6.07) is 16.9. The summed E-state index contributed by atoms with van der Waals surface area (Å²) in [5, 5.41) is 0.640. The second-order valence-corrected chi connectivity index (χ2v) is 6.50. The van der Waals surface area contributed by atoms with Crippen LogP contribution in [0.5, 0.6) is 0 Å². The first-order valence-electron chi connectivity index (χ1n) is 7.30. The molecule has 1 atom stereocenters. The molecule has 1 unspecified atom stereocenters. The van der Waals surface area contributed by atoms with Crippen LogP contribution in [-0.4, -0.2) is 11.7 Å². The molecule has 0 aromatic heterocycles. The van der Waals surface area contributed by atoms with E-state index in [9.17, 15) is 4.79 Å². The van der Waals surface area contributed by atoms with Gasteiger partial charge in [0.1, 0.15) is 11.7 Å². The first-order chi connectivity index (χ1) is 10.8. The third kappa shape index (κ3) is 5.58. The van der Waals surface area contributed by atoms with Crippen LogP contribution in [0, 0.1) is 0 Å². The molecule has 5 heteroatoms. The molecule has 4 nitrogen and oxygen atoms in total. The Hall–Kier alpha value is -2.04. The van der Waals surface area contributed by atoms with Crippen molar-refractivity contribution in [2.75, 3.05) is 0 Å². The minimum Gasteiger partial charge on any atom is -0.442 e. The number of hydrogen-bond donors (Lipinski definition) is 1. The molecular formula is C18H20ClNO3. The average molecular weight is 334 g/mol. The molecule has 2 rings (SSSR count). The first-order valence-corrected chi connectivity index (χ1v) is 7.68. The summed E-state index contributed by atoms with van der Waals surface area (Å²) in [5.74, 6) is 0. The van der Waals surface area contributed by atoms with Gasteiger partial charge in [-0.3, -0.25) is 4.84 Å². The maximum atomic E-state index is 11.8. The van der Waals surface area contributed by atoms with Gasteiger partial charge in [0.25, 0.3) is 0 Å². The average Bonchev–Trinajstić information content (AvgIpc) is 2.48. The summed E-state index contributed by atoms with van der Waals surface area (Å²) in [5.41, 5.74) is 3.55. The summed E-state index contributed by atoms with van der Waals surface area (Å²) in [4.78, 5) is 17.4. The molecule has 0 radical (unpaired) electrons. The topological polar surface area (TPSA) is 47.6 Å². The van der Waals surface area contributed by atoms with Crippen LogP contribution in [0.4, 0.5) is 4.79 Å². The van der Waals surface area contributed by atoms with E-state index in [0.717, 1.165) is 11.1 Å². The zero-order chi connectivity index (χ0) is 16.9. The fraction of sp³-hybridized carbons (Fsp3) is 0.278. The van der Waals surface area contributed by atoms with Gasteiger partial charge >= 0.3 is 6.09 Å². The van der Waals surface area contributed by atoms with Crippen LogP contribution in [0.3, 0.4) is 0 Å². The van der Waals surface area contributed by atoms with Crippen molar-refractivity contribution >= 4 is 17.7 Å². The predicted molar refractivity (Wildman–Crippen MR) is 90.2 cm³/mol. The van der Waals surface area contributed by atoms with Gasteiger partial charge in [0.05, 0.1) is 0 Å². The van der Waals surface area contributed by atoms with Crippen molar-refractivity contribution in [2.45, 2.75) is 32.5 Å². The van der Waals surface area contributed by atoms with Crippen LogP contribution in [0.2, 0.25) is 5.02 Å². The lowest BCUT2D eigenvalue weighted by Crippen LogP contribution is -2.33. The minimum absolute atomic E-state index is 0.457. The third-order valence-electron chi connectivity index (χ3n) is 2.93. The number of benzene rings is 2. The zero-order valence-electron chi connectivity index (χ0n) is 13.4. The van der Waals surface area contributed by atoms with E-state index in [1.807, 2.05) is 42.5 Å². The Morgan fingerprint density at radius 1 is 1.00 bits per heavy atom. The number of carbonyl (C=O) groups is 1. The van der Waals surface area contributed by atoms with E-state index >= 15 is 0 Å². The van der Waals surface area contributed by atoms with Crippen LogP contribution < -0.4 is 5.48 Å². The van der Waals surface area contributed by atoms with Gasteiger partial charge in [-0.15, -0.1) is 0 Å². The van der Waals surface area contributed by atoms with Gasteiger partial charge in [-0.05, 0) is 44.0 Å². The molecule has 0 aliphatic rings. The van der Waals surface area contributed by atoms with E-state index in [2.05, 4.69) is 5.48 Å². The van der Waals surface area contributed by atoms with Crippen molar-refractivity contribution in [3.8, 4) is 0 Å². The van der Waals surface area contributed by atoms with Crippen molar-refractivity contribution in [1.29, 1.82) is 0 Å². The van der Waals surface area contributed by atoms with Crippen LogP contribution >= 0.6 is 11.6 Å². The van der Waals surface area contributed by atoms with Gasteiger partial charge in [0.15, 0.2) is 0 Å². The van der Waals surface area contributed by atoms with Gasteiger partial charge in [0.2, 0.25) is 0 Å². The molecule has 0 aliphatic heterocycles. The van der Waals surface area contributed by atoms with E-state index in [4.69, 9.17) is 21.2 Å². The molecule has 23 heavy (non-hydrogen) atoms. The van der Waals surface area contributed by atoms with Crippen LogP contribution in [-0.2, 0) is 9.57 Å². The van der Waals surface area contributed by atoms with Crippen LogP contribution in [0.15, 0.2) is 54.6 Å². The maximum Gasteiger partial charge on any atom is 0.431 e. The van der Waals surface area contributed by atoms with E-state index in [1.54, 1.807) is 32.9 Å². The largest absolute Gasteiger partial charge is 0.442 e. The molecule has 0 heterocycles. The number of amides is 1. The fourth-order valence-electron chi connectivity index (χ4n) is 2.00. The Labute approximate surface area is 141 Å². The maximum absolute atomic E-state index is 11.8. The monoisotopic (exact) mass is 333 g/mol. The molecule has 0 bridgehead atoms. The predicted octanol–water partition coefficient (Wildman–Crippen LogP) is 4.89. The number of hydrogen-bond acceptors (Lipinski definition) is 3. The van der Waals surface area contributed by atoms with Gasteiger partial charge in [-0.25, -0.2) is 4.79 Å². The second kappa shape index (κ2) is 7.49. The molecule has 1 amide bonds. The molecule has 2 aromatic carbocycles. The number of halogens is 1. The fourth-order valence-corrected chi connectivity index (χ4v) is 2.13. The summed E-state index contributed by atoms with van der Waals surface area (Å²) in [6.07, 6.45) is -1.09. The van der Waals surface area contributed by atoms with Crippen molar-refractivity contribution in [3.05, 3.63) is 70.7 Å². The highest BCUT2D eigenvalue weighted by Gasteiger charge is 2.20. The Kier molecular flexibility index (Phi) is 5.64. The number of nitrogens with one attached hydrogen (secondary N) is 1. The first kappa shape index (κ1) is 17.3. The van der Waals surface area contributed by atoms with Crippen molar-refractivity contribution < 1.29 is 14.4 Å². The highest BCUT2D eigenvalue weighted by atomic mass is 35.5. The zero-order valence-corrected chi connectivity index (χ0v) is 14.1. The summed E-state index contributed by atoms with van der Waals surface area (Å²) >= 11 is 5.93. The smallest absolute Gasteiger partial charge is 0.431 e. The number of hydroxylamine groups is 1. The van der Waals surface area contributed by atoms with Gasteiger partial charge < -0.3 is 4.74 Å². The highest BCUT2D eigenvalue weighted by molar-refractivity contribution is 6.30. The molecule has 0 saturated heterocycles. The molecule has 2 aromatic rings. The molecule has 1 N–H and O–H groups in total. The quantitative estimate of drug-likeness (QED) is 0.811. The molecule has 0 saturated carbocycles. The van der Waals surface area contributed by atoms with Crippen LogP contribution in [0.1, 0.15) is 38.0 Å². The van der Waals surface area contributed by atoms with E-state index < -0.39 is 17.8 Å². The second-order valence-electron chi connectivity index (χ2n) is 6.06. The highest BCUT2D eigenvalue weighted by Crippen LogP contribution is 2.26. The molecule has 0 aliphatic carbocycles.